The van der Waals surface area contributed by atoms with Crippen LogP contribution in [0.1, 0.15) is 71.5 Å². The van der Waals surface area contributed by atoms with Crippen molar-refractivity contribution in [1.82, 2.24) is 20.2 Å². The number of ether oxygens (including phenoxy) is 1. The number of hydrogen-bond acceptors (Lipinski definition) is 7. The van der Waals surface area contributed by atoms with Crippen LogP contribution in [-0.2, 0) is 11.2 Å². The number of nitrogens with zero attached hydrogens (tertiary/aromatic N) is 4. The fourth-order valence-corrected chi connectivity index (χ4v) is 4.18. The highest BCUT2D eigenvalue weighted by molar-refractivity contribution is 5.96. The maximum absolute atomic E-state index is 12.7. The summed E-state index contributed by atoms with van der Waals surface area (Å²) in [4.78, 5) is 19.2. The molecule has 4 rings (SSSR count). The molecule has 2 saturated heterocycles. The van der Waals surface area contributed by atoms with Gasteiger partial charge in [-0.05, 0) is 51.9 Å². The Morgan fingerprint density at radius 3 is 2.50 bits per heavy atom. The lowest BCUT2D eigenvalue weighted by Crippen LogP contribution is -2.39. The largest absolute Gasteiger partial charge is 0.381 e. The van der Waals surface area contributed by atoms with Crippen LogP contribution in [0.5, 0.6) is 0 Å². The second-order valence-electron chi connectivity index (χ2n) is 7.91. The highest BCUT2D eigenvalue weighted by Crippen LogP contribution is 2.27. The molecule has 0 spiro atoms. The van der Waals surface area contributed by atoms with Crippen LogP contribution in [0.25, 0.3) is 0 Å². The average molecular weight is 388 g/mol. The van der Waals surface area contributed by atoms with Gasteiger partial charge in [-0.15, -0.1) is 0 Å². The van der Waals surface area contributed by atoms with E-state index in [4.69, 9.17) is 13.8 Å². The van der Waals surface area contributed by atoms with Gasteiger partial charge in [0.25, 0.3) is 5.91 Å². The molecule has 8 heteroatoms. The summed E-state index contributed by atoms with van der Waals surface area (Å²) in [6, 6.07) is 0. The van der Waals surface area contributed by atoms with E-state index in [1.165, 1.54) is 0 Å². The number of rotatable bonds is 5. The van der Waals surface area contributed by atoms with Gasteiger partial charge in [0, 0.05) is 38.6 Å². The zero-order chi connectivity index (χ0) is 19.5. The van der Waals surface area contributed by atoms with Crippen molar-refractivity contribution < 1.29 is 18.6 Å². The molecular weight excluding hydrogens is 360 g/mol. The molecule has 152 valence electrons. The Morgan fingerprint density at radius 2 is 1.82 bits per heavy atom. The number of likely N-dealkylation sites (tertiary alicyclic amines) is 1. The van der Waals surface area contributed by atoms with E-state index >= 15 is 0 Å². The summed E-state index contributed by atoms with van der Waals surface area (Å²) in [5, 5.41) is 8.06. The molecule has 0 aliphatic carbocycles. The number of aryl methyl sites for hydroxylation is 3. The molecule has 0 aromatic carbocycles. The molecule has 2 aliphatic rings. The Kier molecular flexibility index (Phi) is 5.75. The smallest absolute Gasteiger partial charge is 0.259 e. The third kappa shape index (κ3) is 4.11. The van der Waals surface area contributed by atoms with Gasteiger partial charge < -0.3 is 18.7 Å². The Hall–Kier alpha value is -2.22. The molecule has 2 aliphatic heterocycles. The summed E-state index contributed by atoms with van der Waals surface area (Å²) in [6.07, 6.45) is 5.77. The van der Waals surface area contributed by atoms with E-state index in [1.54, 1.807) is 6.92 Å². The Labute approximate surface area is 164 Å². The summed E-state index contributed by atoms with van der Waals surface area (Å²) in [7, 11) is 0. The van der Waals surface area contributed by atoms with E-state index in [2.05, 4.69) is 15.3 Å². The maximum atomic E-state index is 12.7. The number of piperidine rings is 1. The van der Waals surface area contributed by atoms with Crippen LogP contribution < -0.4 is 0 Å². The molecule has 2 aromatic rings. The van der Waals surface area contributed by atoms with E-state index in [9.17, 15) is 4.79 Å². The van der Waals surface area contributed by atoms with Gasteiger partial charge in [-0.1, -0.05) is 10.3 Å². The summed E-state index contributed by atoms with van der Waals surface area (Å²) >= 11 is 0. The van der Waals surface area contributed by atoms with E-state index in [-0.39, 0.29) is 5.91 Å². The van der Waals surface area contributed by atoms with Gasteiger partial charge in [0.15, 0.2) is 5.82 Å². The van der Waals surface area contributed by atoms with Crippen molar-refractivity contribution in [3.63, 3.8) is 0 Å². The van der Waals surface area contributed by atoms with Crippen molar-refractivity contribution in [3.8, 4) is 0 Å². The fourth-order valence-electron chi connectivity index (χ4n) is 4.18. The first-order valence-corrected chi connectivity index (χ1v) is 10.2. The molecule has 4 heterocycles. The standard InChI is InChI=1S/C20H28N4O4/c1-13-18(14(2)27-22-13)20(25)24-9-5-15(6-10-24)3-4-17-21-19(28-23-17)16-7-11-26-12-8-16/h15-16H,3-12H2,1-2H3. The quantitative estimate of drug-likeness (QED) is 0.777. The molecule has 1 amide bonds. The van der Waals surface area contributed by atoms with Gasteiger partial charge in [-0.2, -0.15) is 4.98 Å². The van der Waals surface area contributed by atoms with Crippen LogP contribution in [0.3, 0.4) is 0 Å². The molecule has 8 nitrogen and oxygen atoms in total. The zero-order valence-electron chi connectivity index (χ0n) is 16.6. The van der Waals surface area contributed by atoms with Gasteiger partial charge in [0.2, 0.25) is 5.89 Å². The molecule has 0 atom stereocenters. The molecule has 0 unspecified atom stereocenters. The molecule has 2 aromatic heterocycles. The Morgan fingerprint density at radius 1 is 1.07 bits per heavy atom. The van der Waals surface area contributed by atoms with E-state index in [0.717, 1.165) is 76.5 Å². The van der Waals surface area contributed by atoms with Gasteiger partial charge in [-0.25, -0.2) is 0 Å². The lowest BCUT2D eigenvalue weighted by atomic mass is 9.91. The third-order valence-corrected chi connectivity index (χ3v) is 5.98. The topological polar surface area (TPSA) is 94.5 Å². The number of carbonyl (C=O) groups is 1. The summed E-state index contributed by atoms with van der Waals surface area (Å²) in [5.41, 5.74) is 1.29. The average Bonchev–Trinajstić information content (AvgIpc) is 3.33. The van der Waals surface area contributed by atoms with Crippen molar-refractivity contribution in [2.75, 3.05) is 26.3 Å². The second kappa shape index (κ2) is 8.43. The predicted octanol–water partition coefficient (Wildman–Crippen LogP) is 3.05. The van der Waals surface area contributed by atoms with Crippen molar-refractivity contribution in [3.05, 3.63) is 28.7 Å². The van der Waals surface area contributed by atoms with Crippen molar-refractivity contribution >= 4 is 5.91 Å². The van der Waals surface area contributed by atoms with Crippen molar-refractivity contribution in [2.45, 2.75) is 58.3 Å². The Bertz CT molecular complexity index is 781. The summed E-state index contributed by atoms with van der Waals surface area (Å²) < 4.78 is 16.0. The van der Waals surface area contributed by atoms with Crippen LogP contribution in [0, 0.1) is 19.8 Å². The van der Waals surface area contributed by atoms with Gasteiger partial charge in [-0.3, -0.25) is 4.79 Å². The van der Waals surface area contributed by atoms with Crippen LogP contribution in [0.2, 0.25) is 0 Å². The number of aromatic nitrogens is 3. The Balaban J connectivity index is 1.25. The highest BCUT2D eigenvalue weighted by atomic mass is 16.5. The van der Waals surface area contributed by atoms with Crippen LogP contribution in [0.4, 0.5) is 0 Å². The molecule has 2 fully saturated rings. The molecular formula is C20H28N4O4. The highest BCUT2D eigenvalue weighted by Gasteiger charge is 2.28. The molecule has 0 radical (unpaired) electrons. The number of hydrogen-bond donors (Lipinski definition) is 0. The molecule has 0 saturated carbocycles. The lowest BCUT2D eigenvalue weighted by Gasteiger charge is -2.31. The first-order chi connectivity index (χ1) is 13.6. The van der Waals surface area contributed by atoms with Crippen molar-refractivity contribution in [2.24, 2.45) is 5.92 Å². The summed E-state index contributed by atoms with van der Waals surface area (Å²) in [5.74, 6) is 3.12. The minimum absolute atomic E-state index is 0.0361. The van der Waals surface area contributed by atoms with Crippen LogP contribution in [-0.4, -0.2) is 52.4 Å². The molecule has 0 bridgehead atoms. The van der Waals surface area contributed by atoms with E-state index < -0.39 is 0 Å². The zero-order valence-corrected chi connectivity index (χ0v) is 16.6. The van der Waals surface area contributed by atoms with Crippen molar-refractivity contribution in [1.29, 1.82) is 0 Å². The number of amides is 1. The SMILES string of the molecule is Cc1noc(C)c1C(=O)N1CCC(CCc2noc(C3CCOCC3)n2)CC1. The molecule has 28 heavy (non-hydrogen) atoms. The predicted molar refractivity (Wildman–Crippen MR) is 100 cm³/mol. The number of carbonyl (C=O) groups excluding carboxylic acids is 1. The minimum atomic E-state index is 0.0361. The minimum Gasteiger partial charge on any atom is -0.381 e. The van der Waals surface area contributed by atoms with E-state index in [1.807, 2.05) is 11.8 Å². The fraction of sp³-hybridized carbons (Fsp3) is 0.700. The first-order valence-electron chi connectivity index (χ1n) is 10.2. The third-order valence-electron chi connectivity index (χ3n) is 5.98. The van der Waals surface area contributed by atoms with Crippen LogP contribution in [0.15, 0.2) is 9.05 Å². The monoisotopic (exact) mass is 388 g/mol. The first kappa shape index (κ1) is 19.1. The second-order valence-corrected chi connectivity index (χ2v) is 7.91. The van der Waals surface area contributed by atoms with Crippen LogP contribution >= 0.6 is 0 Å². The maximum Gasteiger partial charge on any atom is 0.259 e. The lowest BCUT2D eigenvalue weighted by molar-refractivity contribution is 0.0684. The van der Waals surface area contributed by atoms with Gasteiger partial charge >= 0.3 is 0 Å². The van der Waals surface area contributed by atoms with E-state index in [0.29, 0.717) is 28.9 Å². The normalized spacial score (nSPS) is 19.3. The van der Waals surface area contributed by atoms with Gasteiger partial charge in [0.1, 0.15) is 11.3 Å². The van der Waals surface area contributed by atoms with Gasteiger partial charge in [0.05, 0.1) is 5.69 Å². The summed E-state index contributed by atoms with van der Waals surface area (Å²) in [6.45, 7) is 6.69. The molecule has 0 N–H and O–H groups in total.